The van der Waals surface area contributed by atoms with Crippen molar-refractivity contribution in [3.05, 3.63) is 59.2 Å². The van der Waals surface area contributed by atoms with Crippen LogP contribution < -0.4 is 5.32 Å². The van der Waals surface area contributed by atoms with E-state index in [-0.39, 0.29) is 34.7 Å². The van der Waals surface area contributed by atoms with Crippen LogP contribution in [0.15, 0.2) is 42.5 Å². The van der Waals surface area contributed by atoms with Gasteiger partial charge in [-0.25, -0.2) is 0 Å². The summed E-state index contributed by atoms with van der Waals surface area (Å²) >= 11 is 0. The number of hydrogen-bond acceptors (Lipinski definition) is 4. The number of nitrogens with zero attached hydrogens (tertiary/aromatic N) is 1. The molecule has 26 heavy (non-hydrogen) atoms. The first-order valence-corrected chi connectivity index (χ1v) is 7.34. The van der Waals surface area contributed by atoms with Crippen LogP contribution in [0.25, 0.3) is 0 Å². The maximum Gasteiger partial charge on any atom is 0.471 e. The lowest BCUT2D eigenvalue weighted by molar-refractivity contribution is -0.167. The van der Waals surface area contributed by atoms with E-state index in [0.717, 1.165) is 23.1 Å². The largest absolute Gasteiger partial charge is 0.508 e. The van der Waals surface area contributed by atoms with Gasteiger partial charge in [0.15, 0.2) is 0 Å². The molecule has 0 saturated carbocycles. The molecular formula is C17H11F3N2O4. The molecule has 2 N–H and O–H groups in total. The zero-order valence-electron chi connectivity index (χ0n) is 13.0. The van der Waals surface area contributed by atoms with Crippen molar-refractivity contribution in [2.75, 3.05) is 5.32 Å². The maximum absolute atomic E-state index is 12.3. The minimum atomic E-state index is -5.07. The summed E-state index contributed by atoms with van der Waals surface area (Å²) in [5, 5.41) is 11.5. The quantitative estimate of drug-likeness (QED) is 0.648. The molecule has 134 valence electrons. The van der Waals surface area contributed by atoms with Crippen LogP contribution in [0.3, 0.4) is 0 Å². The summed E-state index contributed by atoms with van der Waals surface area (Å²) in [5.41, 5.74) is 0.202. The fourth-order valence-electron chi connectivity index (χ4n) is 2.54. The SMILES string of the molecule is O=C1c2ccccc2C(=O)N1Cc1cc(NC(=O)C(F)(F)F)ccc1O. The summed E-state index contributed by atoms with van der Waals surface area (Å²) in [6, 6.07) is 9.37. The van der Waals surface area contributed by atoms with Crippen molar-refractivity contribution in [3.8, 4) is 5.75 Å². The number of benzene rings is 2. The van der Waals surface area contributed by atoms with Gasteiger partial charge in [-0.3, -0.25) is 19.3 Å². The van der Waals surface area contributed by atoms with Gasteiger partial charge in [0.05, 0.1) is 17.7 Å². The molecule has 3 amide bonds. The lowest BCUT2D eigenvalue weighted by atomic mass is 10.1. The summed E-state index contributed by atoms with van der Waals surface area (Å²) < 4.78 is 37.0. The van der Waals surface area contributed by atoms with Crippen molar-refractivity contribution in [1.29, 1.82) is 0 Å². The second kappa shape index (κ2) is 6.17. The van der Waals surface area contributed by atoms with Gasteiger partial charge in [-0.15, -0.1) is 0 Å². The number of nitrogens with one attached hydrogen (secondary N) is 1. The van der Waals surface area contributed by atoms with E-state index in [4.69, 9.17) is 0 Å². The number of phenolic OH excluding ortho intramolecular Hbond substituents is 1. The Hall–Kier alpha value is -3.36. The topological polar surface area (TPSA) is 86.7 Å². The molecule has 2 aromatic rings. The Labute approximate surface area is 144 Å². The van der Waals surface area contributed by atoms with Crippen molar-refractivity contribution in [2.24, 2.45) is 0 Å². The van der Waals surface area contributed by atoms with Crippen LogP contribution >= 0.6 is 0 Å². The third kappa shape index (κ3) is 3.10. The van der Waals surface area contributed by atoms with Crippen LogP contribution in [0, 0.1) is 0 Å². The number of rotatable bonds is 3. The van der Waals surface area contributed by atoms with E-state index in [1.807, 2.05) is 0 Å². The van der Waals surface area contributed by atoms with Gasteiger partial charge >= 0.3 is 12.1 Å². The molecule has 0 unspecified atom stereocenters. The lowest BCUT2D eigenvalue weighted by Crippen LogP contribution is -2.30. The standard InChI is InChI=1S/C17H11F3N2O4/c18-17(19,20)16(26)21-10-5-6-13(23)9(7-10)8-22-14(24)11-3-1-2-4-12(11)15(22)25/h1-7,23H,8H2,(H,21,26). The zero-order chi connectivity index (χ0) is 19.1. The van der Waals surface area contributed by atoms with Crippen molar-refractivity contribution < 1.29 is 32.7 Å². The molecule has 1 aliphatic heterocycles. The highest BCUT2D eigenvalue weighted by Crippen LogP contribution is 2.29. The van der Waals surface area contributed by atoms with Gasteiger partial charge in [0, 0.05) is 11.3 Å². The number of carbonyl (C=O) groups excluding carboxylic acids is 3. The van der Waals surface area contributed by atoms with E-state index in [9.17, 15) is 32.7 Å². The lowest BCUT2D eigenvalue weighted by Gasteiger charge is -2.16. The molecule has 0 fully saturated rings. The van der Waals surface area contributed by atoms with Crippen LogP contribution in [0.4, 0.5) is 18.9 Å². The van der Waals surface area contributed by atoms with Crippen molar-refractivity contribution >= 4 is 23.4 Å². The number of halogens is 3. The van der Waals surface area contributed by atoms with E-state index in [0.29, 0.717) is 0 Å². The smallest absolute Gasteiger partial charge is 0.471 e. The molecule has 0 radical (unpaired) electrons. The number of imide groups is 1. The molecule has 1 heterocycles. The van der Waals surface area contributed by atoms with Gasteiger partial charge in [0.25, 0.3) is 11.8 Å². The Balaban J connectivity index is 1.85. The van der Waals surface area contributed by atoms with Crippen LogP contribution in [-0.2, 0) is 11.3 Å². The number of amides is 3. The number of fused-ring (bicyclic) bond motifs is 1. The Bertz CT molecular complexity index is 889. The highest BCUT2D eigenvalue weighted by atomic mass is 19.4. The summed E-state index contributed by atoms with van der Waals surface area (Å²) in [7, 11) is 0. The molecule has 1 aliphatic rings. The third-order valence-corrected chi connectivity index (χ3v) is 3.80. The normalized spacial score (nSPS) is 13.7. The van der Waals surface area contributed by atoms with Gasteiger partial charge in [0.2, 0.25) is 0 Å². The van der Waals surface area contributed by atoms with Gasteiger partial charge < -0.3 is 10.4 Å². The van der Waals surface area contributed by atoms with E-state index < -0.39 is 23.9 Å². The highest BCUT2D eigenvalue weighted by molar-refractivity contribution is 6.21. The average molecular weight is 364 g/mol. The summed E-state index contributed by atoms with van der Waals surface area (Å²) in [6.45, 7) is -0.353. The minimum Gasteiger partial charge on any atom is -0.508 e. The monoisotopic (exact) mass is 364 g/mol. The molecule has 0 spiro atoms. The number of hydrogen-bond donors (Lipinski definition) is 2. The van der Waals surface area contributed by atoms with E-state index in [2.05, 4.69) is 0 Å². The Kier molecular flexibility index (Phi) is 4.15. The molecule has 9 heteroatoms. The fourth-order valence-corrected chi connectivity index (χ4v) is 2.54. The predicted molar refractivity (Wildman–Crippen MR) is 83.4 cm³/mol. The molecule has 6 nitrogen and oxygen atoms in total. The second-order valence-electron chi connectivity index (χ2n) is 5.54. The predicted octanol–water partition coefficient (Wildman–Crippen LogP) is 2.69. The number of aromatic hydroxyl groups is 1. The molecule has 0 aliphatic carbocycles. The maximum atomic E-state index is 12.3. The van der Waals surface area contributed by atoms with Gasteiger partial charge in [-0.1, -0.05) is 12.1 Å². The Morgan fingerprint density at radius 3 is 2.15 bits per heavy atom. The van der Waals surface area contributed by atoms with E-state index in [1.165, 1.54) is 12.1 Å². The van der Waals surface area contributed by atoms with E-state index in [1.54, 1.807) is 17.4 Å². The number of alkyl halides is 3. The first kappa shape index (κ1) is 17.5. The summed E-state index contributed by atoms with van der Waals surface area (Å²) in [5.74, 6) is -3.65. The number of anilines is 1. The van der Waals surface area contributed by atoms with Gasteiger partial charge in [-0.2, -0.15) is 13.2 Å². The molecule has 0 saturated heterocycles. The first-order chi connectivity index (χ1) is 12.2. The van der Waals surface area contributed by atoms with Crippen molar-refractivity contribution in [3.63, 3.8) is 0 Å². The van der Waals surface area contributed by atoms with E-state index >= 15 is 0 Å². The molecule has 3 rings (SSSR count). The molecule has 0 atom stereocenters. The average Bonchev–Trinajstić information content (AvgIpc) is 2.82. The zero-order valence-corrected chi connectivity index (χ0v) is 13.0. The van der Waals surface area contributed by atoms with Crippen molar-refractivity contribution in [2.45, 2.75) is 12.7 Å². The summed E-state index contributed by atoms with van der Waals surface area (Å²) in [4.78, 5) is 36.5. The van der Waals surface area contributed by atoms with Gasteiger partial charge in [-0.05, 0) is 30.3 Å². The van der Waals surface area contributed by atoms with Crippen molar-refractivity contribution in [1.82, 2.24) is 4.90 Å². The van der Waals surface area contributed by atoms with Crippen LogP contribution in [0.2, 0.25) is 0 Å². The molecular weight excluding hydrogens is 353 g/mol. The van der Waals surface area contributed by atoms with Crippen LogP contribution in [-0.4, -0.2) is 33.9 Å². The highest BCUT2D eigenvalue weighted by Gasteiger charge is 2.39. The van der Waals surface area contributed by atoms with Crippen LogP contribution in [0.5, 0.6) is 5.75 Å². The molecule has 0 aromatic heterocycles. The fraction of sp³-hybridized carbons (Fsp3) is 0.118. The molecule has 0 bridgehead atoms. The number of phenols is 1. The second-order valence-corrected chi connectivity index (χ2v) is 5.54. The van der Waals surface area contributed by atoms with Crippen LogP contribution in [0.1, 0.15) is 26.3 Å². The van der Waals surface area contributed by atoms with Gasteiger partial charge in [0.1, 0.15) is 5.75 Å². The number of carbonyl (C=O) groups is 3. The first-order valence-electron chi connectivity index (χ1n) is 7.34. The minimum absolute atomic E-state index is 0.0134. The Morgan fingerprint density at radius 1 is 1.04 bits per heavy atom. The third-order valence-electron chi connectivity index (χ3n) is 3.80. The Morgan fingerprint density at radius 2 is 1.62 bits per heavy atom. The summed E-state index contributed by atoms with van der Waals surface area (Å²) in [6.07, 6.45) is -5.07. The molecule has 2 aromatic carbocycles.